The van der Waals surface area contributed by atoms with E-state index < -0.39 is 0 Å². The number of aryl methyl sites for hydroxylation is 2. The Morgan fingerprint density at radius 3 is 2.50 bits per heavy atom. The minimum Gasteiger partial charge on any atom is -0.334 e. The highest BCUT2D eigenvalue weighted by Gasteiger charge is 2.12. The fraction of sp³-hybridized carbons (Fsp3) is 0.154. The SMILES string of the molecule is Cc1ccc(-c2nc(-c3csc(C)n3)no2)cc1. The molecule has 2 heterocycles. The Morgan fingerprint density at radius 1 is 1.06 bits per heavy atom. The highest BCUT2D eigenvalue weighted by molar-refractivity contribution is 7.09. The second-order valence-corrected chi connectivity index (χ2v) is 5.10. The molecule has 0 atom stereocenters. The van der Waals surface area contributed by atoms with Crippen molar-refractivity contribution in [2.24, 2.45) is 0 Å². The smallest absolute Gasteiger partial charge is 0.258 e. The summed E-state index contributed by atoms with van der Waals surface area (Å²) in [6.07, 6.45) is 0. The van der Waals surface area contributed by atoms with Gasteiger partial charge in [-0.15, -0.1) is 11.3 Å². The van der Waals surface area contributed by atoms with E-state index in [4.69, 9.17) is 4.52 Å². The van der Waals surface area contributed by atoms with Gasteiger partial charge < -0.3 is 4.52 Å². The number of benzene rings is 1. The van der Waals surface area contributed by atoms with Crippen LogP contribution in [0.5, 0.6) is 0 Å². The molecule has 18 heavy (non-hydrogen) atoms. The fourth-order valence-electron chi connectivity index (χ4n) is 1.61. The Labute approximate surface area is 108 Å². The van der Waals surface area contributed by atoms with Gasteiger partial charge in [-0.1, -0.05) is 22.9 Å². The van der Waals surface area contributed by atoms with Gasteiger partial charge in [-0.3, -0.25) is 0 Å². The first-order chi connectivity index (χ1) is 8.72. The first-order valence-electron chi connectivity index (χ1n) is 5.55. The molecule has 3 aromatic rings. The average Bonchev–Trinajstić information content (AvgIpc) is 2.98. The van der Waals surface area contributed by atoms with Gasteiger partial charge in [0.2, 0.25) is 5.82 Å². The predicted octanol–water partition coefficient (Wildman–Crippen LogP) is 3.48. The van der Waals surface area contributed by atoms with Crippen molar-refractivity contribution in [2.75, 3.05) is 0 Å². The molecule has 0 radical (unpaired) electrons. The van der Waals surface area contributed by atoms with Crippen molar-refractivity contribution in [1.82, 2.24) is 15.1 Å². The molecular formula is C13H11N3OS. The van der Waals surface area contributed by atoms with Crippen molar-refractivity contribution in [1.29, 1.82) is 0 Å². The average molecular weight is 257 g/mol. The van der Waals surface area contributed by atoms with E-state index in [2.05, 4.69) is 15.1 Å². The Morgan fingerprint density at radius 2 is 1.83 bits per heavy atom. The van der Waals surface area contributed by atoms with E-state index in [1.54, 1.807) is 11.3 Å². The molecule has 0 unspecified atom stereocenters. The van der Waals surface area contributed by atoms with Crippen LogP contribution in [0.2, 0.25) is 0 Å². The molecule has 90 valence electrons. The van der Waals surface area contributed by atoms with E-state index in [9.17, 15) is 0 Å². The molecule has 0 aliphatic heterocycles. The van der Waals surface area contributed by atoms with Crippen LogP contribution >= 0.6 is 11.3 Å². The zero-order valence-electron chi connectivity index (χ0n) is 10.0. The van der Waals surface area contributed by atoms with Crippen LogP contribution in [0.15, 0.2) is 34.2 Å². The lowest BCUT2D eigenvalue weighted by atomic mass is 10.1. The maximum absolute atomic E-state index is 5.26. The van der Waals surface area contributed by atoms with Crippen molar-refractivity contribution in [3.05, 3.63) is 40.2 Å². The van der Waals surface area contributed by atoms with Crippen molar-refractivity contribution in [3.63, 3.8) is 0 Å². The standard InChI is InChI=1S/C13H11N3OS/c1-8-3-5-10(6-4-8)13-15-12(16-17-13)11-7-18-9(2)14-11/h3-7H,1-2H3. The van der Waals surface area contributed by atoms with Gasteiger partial charge in [0.1, 0.15) is 5.69 Å². The molecule has 5 heteroatoms. The summed E-state index contributed by atoms with van der Waals surface area (Å²) in [5, 5.41) is 6.88. The van der Waals surface area contributed by atoms with Crippen molar-refractivity contribution in [3.8, 4) is 23.0 Å². The van der Waals surface area contributed by atoms with Gasteiger partial charge in [0.25, 0.3) is 5.89 Å². The molecule has 0 aliphatic rings. The predicted molar refractivity (Wildman–Crippen MR) is 70.3 cm³/mol. The molecule has 1 aromatic carbocycles. The van der Waals surface area contributed by atoms with Gasteiger partial charge >= 0.3 is 0 Å². The molecule has 0 saturated heterocycles. The Balaban J connectivity index is 1.96. The topological polar surface area (TPSA) is 51.8 Å². The summed E-state index contributed by atoms with van der Waals surface area (Å²) in [5.74, 6) is 1.06. The number of hydrogen-bond donors (Lipinski definition) is 0. The Bertz CT molecular complexity index is 670. The number of nitrogens with zero attached hydrogens (tertiary/aromatic N) is 3. The summed E-state index contributed by atoms with van der Waals surface area (Å²) in [5.41, 5.74) is 2.89. The van der Waals surface area contributed by atoms with E-state index in [0.717, 1.165) is 16.3 Å². The summed E-state index contributed by atoms with van der Waals surface area (Å²) < 4.78 is 5.26. The molecule has 0 spiro atoms. The summed E-state index contributed by atoms with van der Waals surface area (Å²) >= 11 is 1.57. The van der Waals surface area contributed by atoms with Crippen LogP contribution in [0.4, 0.5) is 0 Å². The van der Waals surface area contributed by atoms with Gasteiger partial charge in [-0.25, -0.2) is 4.98 Å². The third-order valence-corrected chi connectivity index (χ3v) is 3.35. The van der Waals surface area contributed by atoms with E-state index in [-0.39, 0.29) is 0 Å². The van der Waals surface area contributed by atoms with E-state index in [1.807, 2.05) is 43.5 Å². The molecule has 3 rings (SSSR count). The molecule has 0 aliphatic carbocycles. The minimum absolute atomic E-state index is 0.524. The van der Waals surface area contributed by atoms with Crippen molar-refractivity contribution < 1.29 is 4.52 Å². The minimum atomic E-state index is 0.524. The molecule has 2 aromatic heterocycles. The van der Waals surface area contributed by atoms with Crippen LogP contribution in [0.3, 0.4) is 0 Å². The summed E-state index contributed by atoms with van der Waals surface area (Å²) in [6.45, 7) is 4.00. The van der Waals surface area contributed by atoms with Gasteiger partial charge in [0.15, 0.2) is 0 Å². The largest absolute Gasteiger partial charge is 0.334 e. The van der Waals surface area contributed by atoms with E-state index in [0.29, 0.717) is 11.7 Å². The summed E-state index contributed by atoms with van der Waals surface area (Å²) in [4.78, 5) is 8.70. The highest BCUT2D eigenvalue weighted by atomic mass is 32.1. The lowest BCUT2D eigenvalue weighted by molar-refractivity contribution is 0.432. The van der Waals surface area contributed by atoms with Crippen molar-refractivity contribution in [2.45, 2.75) is 13.8 Å². The summed E-state index contributed by atoms with van der Waals surface area (Å²) in [7, 11) is 0. The quantitative estimate of drug-likeness (QED) is 0.705. The molecule has 0 N–H and O–H groups in total. The number of hydrogen-bond acceptors (Lipinski definition) is 5. The first-order valence-corrected chi connectivity index (χ1v) is 6.43. The molecule has 0 bridgehead atoms. The Hall–Kier alpha value is -2.01. The van der Waals surface area contributed by atoms with Crippen LogP contribution in [0.1, 0.15) is 10.6 Å². The van der Waals surface area contributed by atoms with Crippen molar-refractivity contribution >= 4 is 11.3 Å². The number of rotatable bonds is 2. The Kier molecular flexibility index (Phi) is 2.68. The molecule has 4 nitrogen and oxygen atoms in total. The van der Waals surface area contributed by atoms with Crippen LogP contribution in [0.25, 0.3) is 23.0 Å². The molecule has 0 fully saturated rings. The molecule has 0 amide bonds. The molecular weight excluding hydrogens is 246 g/mol. The second-order valence-electron chi connectivity index (χ2n) is 4.04. The zero-order valence-corrected chi connectivity index (χ0v) is 10.9. The molecule has 0 saturated carbocycles. The zero-order chi connectivity index (χ0) is 12.5. The van der Waals surface area contributed by atoms with Gasteiger partial charge in [0, 0.05) is 10.9 Å². The maximum atomic E-state index is 5.26. The lowest BCUT2D eigenvalue weighted by Gasteiger charge is -1.94. The monoisotopic (exact) mass is 257 g/mol. The number of aromatic nitrogens is 3. The van der Waals surface area contributed by atoms with Gasteiger partial charge in [-0.05, 0) is 26.0 Å². The van der Waals surface area contributed by atoms with Crippen LogP contribution in [-0.2, 0) is 0 Å². The van der Waals surface area contributed by atoms with Crippen LogP contribution in [0, 0.1) is 13.8 Å². The highest BCUT2D eigenvalue weighted by Crippen LogP contribution is 2.23. The maximum Gasteiger partial charge on any atom is 0.258 e. The normalized spacial score (nSPS) is 10.8. The van der Waals surface area contributed by atoms with E-state index >= 15 is 0 Å². The van der Waals surface area contributed by atoms with Crippen LogP contribution in [-0.4, -0.2) is 15.1 Å². The van der Waals surface area contributed by atoms with Gasteiger partial charge in [-0.2, -0.15) is 4.98 Å². The van der Waals surface area contributed by atoms with Gasteiger partial charge in [0.05, 0.1) is 5.01 Å². The van der Waals surface area contributed by atoms with E-state index in [1.165, 1.54) is 5.56 Å². The third kappa shape index (κ3) is 2.04. The fourth-order valence-corrected chi connectivity index (χ4v) is 2.20. The number of thiazole rings is 1. The second kappa shape index (κ2) is 4.34. The third-order valence-electron chi connectivity index (χ3n) is 2.57. The lowest BCUT2D eigenvalue weighted by Crippen LogP contribution is -1.81. The van der Waals surface area contributed by atoms with Crippen LogP contribution < -0.4 is 0 Å². The summed E-state index contributed by atoms with van der Waals surface area (Å²) in [6, 6.07) is 7.98. The first kappa shape index (κ1) is 11.1.